The lowest BCUT2D eigenvalue weighted by Gasteiger charge is -2.47. The molecule has 8 nitrogen and oxygen atoms in total. The third-order valence-corrected chi connectivity index (χ3v) is 8.12. The van der Waals surface area contributed by atoms with E-state index >= 15 is 0 Å². The molecule has 1 saturated carbocycles. The number of ether oxygens (including phenoxy) is 1. The number of imide groups is 1. The van der Waals surface area contributed by atoms with Crippen molar-refractivity contribution < 1.29 is 19.1 Å². The Morgan fingerprint density at radius 3 is 2.79 bits per heavy atom. The minimum atomic E-state index is -0.501. The van der Waals surface area contributed by atoms with Gasteiger partial charge in [-0.1, -0.05) is 32.1 Å². The molecule has 3 fully saturated rings. The highest BCUT2D eigenvalue weighted by atomic mass is 32.1. The molecule has 1 aromatic rings. The van der Waals surface area contributed by atoms with Crippen LogP contribution in [0, 0.1) is 16.7 Å². The van der Waals surface area contributed by atoms with Crippen LogP contribution in [0.2, 0.25) is 0 Å². The molecule has 0 radical (unpaired) electrons. The zero-order valence-corrected chi connectivity index (χ0v) is 18.0. The number of hydrogen-bond acceptors (Lipinski definition) is 7. The van der Waals surface area contributed by atoms with Crippen molar-refractivity contribution in [3.63, 3.8) is 0 Å². The Bertz CT molecular complexity index is 832. The van der Waals surface area contributed by atoms with E-state index in [1.165, 1.54) is 16.2 Å². The quantitative estimate of drug-likeness (QED) is 0.710. The molecule has 1 aliphatic carbocycles. The average Bonchev–Trinajstić information content (AvgIpc) is 3.37. The molecule has 29 heavy (non-hydrogen) atoms. The number of amides is 3. The summed E-state index contributed by atoms with van der Waals surface area (Å²) in [6, 6.07) is 0. The number of carbonyl (C=O) groups excluding carboxylic acids is 3. The van der Waals surface area contributed by atoms with Gasteiger partial charge in [-0.25, -0.2) is 0 Å². The average molecular weight is 421 g/mol. The smallest absolute Gasteiger partial charge is 0.235 e. The summed E-state index contributed by atoms with van der Waals surface area (Å²) in [6.45, 7) is 7.04. The minimum absolute atomic E-state index is 0.0183. The third kappa shape index (κ3) is 3.38. The highest BCUT2D eigenvalue weighted by Crippen LogP contribution is 2.60. The summed E-state index contributed by atoms with van der Waals surface area (Å²) in [4.78, 5) is 39.5. The van der Waals surface area contributed by atoms with Crippen molar-refractivity contribution in [2.75, 3.05) is 18.5 Å². The van der Waals surface area contributed by atoms with Crippen LogP contribution in [0.4, 0.5) is 5.13 Å². The fourth-order valence-corrected chi connectivity index (χ4v) is 5.72. The largest absolute Gasteiger partial charge is 0.371 e. The van der Waals surface area contributed by atoms with E-state index in [0.29, 0.717) is 11.6 Å². The molecule has 3 atom stereocenters. The zero-order valence-electron chi connectivity index (χ0n) is 17.2. The third-order valence-electron chi connectivity index (χ3n) is 7.19. The summed E-state index contributed by atoms with van der Waals surface area (Å²) in [5, 5.41) is 12.1. The summed E-state index contributed by atoms with van der Waals surface area (Å²) in [7, 11) is 0. The van der Waals surface area contributed by atoms with Gasteiger partial charge in [0.15, 0.2) is 0 Å². The van der Waals surface area contributed by atoms with E-state index in [1.54, 1.807) is 0 Å². The highest BCUT2D eigenvalue weighted by Gasteiger charge is 2.64. The number of piperidine rings is 1. The number of rotatable bonds is 6. The number of likely N-dealkylation sites (tertiary alicyclic amines) is 1. The molecule has 3 amide bonds. The predicted molar refractivity (Wildman–Crippen MR) is 107 cm³/mol. The van der Waals surface area contributed by atoms with Gasteiger partial charge in [0.1, 0.15) is 11.1 Å². The Labute approximate surface area is 174 Å². The number of fused-ring (bicyclic) bond motifs is 2. The van der Waals surface area contributed by atoms with Gasteiger partial charge in [-0.3, -0.25) is 19.3 Å². The first-order valence-corrected chi connectivity index (χ1v) is 11.2. The second-order valence-corrected chi connectivity index (χ2v) is 10.0. The fourth-order valence-electron chi connectivity index (χ4n) is 4.88. The first-order chi connectivity index (χ1) is 13.7. The maximum Gasteiger partial charge on any atom is 0.235 e. The summed E-state index contributed by atoms with van der Waals surface area (Å²) >= 11 is 1.33. The van der Waals surface area contributed by atoms with Crippen molar-refractivity contribution in [3.8, 4) is 0 Å². The van der Waals surface area contributed by atoms with Crippen molar-refractivity contribution >= 4 is 34.2 Å². The molecule has 2 saturated heterocycles. The van der Waals surface area contributed by atoms with Gasteiger partial charge in [0.2, 0.25) is 22.9 Å². The molecule has 4 rings (SSSR count). The number of aromatic nitrogens is 2. The molecule has 1 aromatic heterocycles. The van der Waals surface area contributed by atoms with Crippen molar-refractivity contribution in [1.82, 2.24) is 15.1 Å². The highest BCUT2D eigenvalue weighted by molar-refractivity contribution is 7.15. The number of carbonyl (C=O) groups is 3. The van der Waals surface area contributed by atoms with E-state index in [-0.39, 0.29) is 48.1 Å². The van der Waals surface area contributed by atoms with Crippen molar-refractivity contribution in [2.45, 2.75) is 65.4 Å². The van der Waals surface area contributed by atoms with Crippen molar-refractivity contribution in [1.29, 1.82) is 0 Å². The molecule has 3 aliphatic rings. The SMILES string of the molecule is CC12CCC(C(=O)N(CCCC(=O)Nc3nnc(C4CCCO4)s3)C1=O)C2(C)C. The summed E-state index contributed by atoms with van der Waals surface area (Å²) in [6.07, 6.45) is 4.08. The Morgan fingerprint density at radius 1 is 1.28 bits per heavy atom. The number of anilines is 1. The Hall–Kier alpha value is -1.87. The van der Waals surface area contributed by atoms with Crippen LogP contribution in [-0.4, -0.2) is 46.0 Å². The molecule has 2 bridgehead atoms. The van der Waals surface area contributed by atoms with E-state index in [0.717, 1.165) is 37.3 Å². The predicted octanol–water partition coefficient (Wildman–Crippen LogP) is 2.92. The van der Waals surface area contributed by atoms with Crippen LogP contribution in [0.3, 0.4) is 0 Å². The van der Waals surface area contributed by atoms with Crippen LogP contribution in [0.5, 0.6) is 0 Å². The molecule has 2 aliphatic heterocycles. The van der Waals surface area contributed by atoms with E-state index in [4.69, 9.17) is 4.74 Å². The Morgan fingerprint density at radius 2 is 2.07 bits per heavy atom. The van der Waals surface area contributed by atoms with Crippen LogP contribution in [0.15, 0.2) is 0 Å². The molecule has 0 spiro atoms. The van der Waals surface area contributed by atoms with Crippen LogP contribution in [0.1, 0.15) is 70.4 Å². The fraction of sp³-hybridized carbons (Fsp3) is 0.750. The van der Waals surface area contributed by atoms with Gasteiger partial charge in [0.05, 0.1) is 5.41 Å². The van der Waals surface area contributed by atoms with E-state index in [2.05, 4.69) is 15.5 Å². The van der Waals surface area contributed by atoms with Crippen LogP contribution >= 0.6 is 11.3 Å². The second-order valence-electron chi connectivity index (χ2n) is 9.04. The number of nitrogens with one attached hydrogen (secondary N) is 1. The molecule has 158 valence electrons. The maximum atomic E-state index is 13.0. The molecule has 9 heteroatoms. The first kappa shape index (κ1) is 20.4. The summed E-state index contributed by atoms with van der Waals surface area (Å²) in [5.74, 6) is -0.476. The molecular weight excluding hydrogens is 392 g/mol. The lowest BCUT2D eigenvalue weighted by Crippen LogP contribution is -2.59. The lowest BCUT2D eigenvalue weighted by molar-refractivity contribution is -0.168. The zero-order chi connectivity index (χ0) is 20.8. The van der Waals surface area contributed by atoms with Gasteiger partial charge >= 0.3 is 0 Å². The van der Waals surface area contributed by atoms with Gasteiger partial charge in [-0.15, -0.1) is 10.2 Å². The van der Waals surface area contributed by atoms with E-state index < -0.39 is 5.41 Å². The first-order valence-electron chi connectivity index (χ1n) is 10.3. The van der Waals surface area contributed by atoms with Gasteiger partial charge in [-0.2, -0.15) is 0 Å². The van der Waals surface area contributed by atoms with Crippen LogP contribution in [0.25, 0.3) is 0 Å². The number of nitrogens with zero attached hydrogens (tertiary/aromatic N) is 3. The summed E-state index contributed by atoms with van der Waals surface area (Å²) in [5.41, 5.74) is -0.813. The summed E-state index contributed by atoms with van der Waals surface area (Å²) < 4.78 is 5.58. The molecular formula is C20H28N4O4S. The minimum Gasteiger partial charge on any atom is -0.371 e. The normalized spacial score (nSPS) is 30.8. The standard InChI is InChI=1S/C20H28N4O4S/c1-19(2)12-8-9-20(19,3)17(27)24(16(12)26)10-4-7-14(25)21-18-23-22-15(29-18)13-6-5-11-28-13/h12-13H,4-11H2,1-3H3,(H,21,23,25). The van der Waals surface area contributed by atoms with Gasteiger partial charge in [0, 0.05) is 25.5 Å². The lowest BCUT2D eigenvalue weighted by atomic mass is 9.62. The topological polar surface area (TPSA) is 101 Å². The Balaban J connectivity index is 1.29. The molecule has 3 unspecified atom stereocenters. The molecule has 0 aromatic carbocycles. The van der Waals surface area contributed by atoms with E-state index in [1.807, 2.05) is 20.8 Å². The van der Waals surface area contributed by atoms with Crippen molar-refractivity contribution in [2.24, 2.45) is 16.7 Å². The second kappa shape index (κ2) is 7.43. The van der Waals surface area contributed by atoms with Gasteiger partial charge in [-0.05, 0) is 37.5 Å². The molecule has 3 heterocycles. The van der Waals surface area contributed by atoms with Gasteiger partial charge < -0.3 is 10.1 Å². The number of hydrogen-bond donors (Lipinski definition) is 1. The maximum absolute atomic E-state index is 13.0. The van der Waals surface area contributed by atoms with Crippen LogP contribution in [-0.2, 0) is 19.1 Å². The Kier molecular flexibility index (Phi) is 5.23. The molecule has 1 N–H and O–H groups in total. The van der Waals surface area contributed by atoms with Crippen LogP contribution < -0.4 is 5.32 Å². The van der Waals surface area contributed by atoms with Gasteiger partial charge in [0.25, 0.3) is 0 Å². The van der Waals surface area contributed by atoms with Crippen molar-refractivity contribution in [3.05, 3.63) is 5.01 Å². The van der Waals surface area contributed by atoms with E-state index in [9.17, 15) is 14.4 Å². The monoisotopic (exact) mass is 420 g/mol.